The number of benzene rings is 10. The number of nitrogens with zero attached hydrogens (tertiary/aromatic N) is 2. The second-order valence-corrected chi connectivity index (χ2v) is 22.2. The maximum Gasteiger partial charge on any atom is 0.159 e. The molecule has 2 atom stereocenters. The van der Waals surface area contributed by atoms with E-state index in [4.69, 9.17) is 18.8 Å². The highest BCUT2D eigenvalue weighted by atomic mass is 32.1. The van der Waals surface area contributed by atoms with E-state index in [2.05, 4.69) is 231 Å². The van der Waals surface area contributed by atoms with E-state index >= 15 is 0 Å². The molecule has 9 bridgehead atoms. The van der Waals surface area contributed by atoms with E-state index in [1.807, 2.05) is 17.4 Å². The molecule has 0 radical (unpaired) electrons. The smallest absolute Gasteiger partial charge is 0.159 e. The van der Waals surface area contributed by atoms with E-state index in [0.29, 0.717) is 18.2 Å². The molecule has 1 aliphatic carbocycles. The molecule has 78 heavy (non-hydrogen) atoms. The average molecular weight is 1020 g/mol. The minimum Gasteiger partial charge on any atom is -0.456 e. The molecule has 0 fully saturated rings. The van der Waals surface area contributed by atoms with Gasteiger partial charge in [0.05, 0.1) is 0 Å². The lowest BCUT2D eigenvalue weighted by Gasteiger charge is -2.24. The van der Waals surface area contributed by atoms with Crippen molar-refractivity contribution < 1.29 is 8.83 Å². The molecule has 2 unspecified atom stereocenters. The Kier molecular flexibility index (Phi) is 10.3. The van der Waals surface area contributed by atoms with Crippen LogP contribution in [-0.2, 0) is 12.8 Å². The van der Waals surface area contributed by atoms with Gasteiger partial charge in [0.15, 0.2) is 5.84 Å². The number of hydrogen-bond acceptors (Lipinski definition) is 6. The number of hydrogen-bond donors (Lipinski definition) is 1. The predicted octanol–water partition coefficient (Wildman–Crippen LogP) is 18.8. The number of aliphatic imine (C=N–C) groups is 2. The summed E-state index contributed by atoms with van der Waals surface area (Å²) < 4.78 is 14.9. The Balaban J connectivity index is 0.911. The van der Waals surface area contributed by atoms with Crippen LogP contribution in [0.2, 0.25) is 0 Å². The molecule has 2 aliphatic heterocycles. The number of amidine groups is 2. The van der Waals surface area contributed by atoms with Crippen molar-refractivity contribution in [2.24, 2.45) is 9.98 Å². The third-order valence-electron chi connectivity index (χ3n) is 16.6. The Morgan fingerprint density at radius 3 is 2.12 bits per heavy atom. The van der Waals surface area contributed by atoms with E-state index in [0.717, 1.165) is 107 Å². The molecule has 13 aromatic rings. The average Bonchev–Trinajstić information content (AvgIpc) is 4.29. The molecule has 10 aromatic carbocycles. The first-order chi connectivity index (χ1) is 38.5. The van der Waals surface area contributed by atoms with E-state index in [9.17, 15) is 0 Å². The highest BCUT2D eigenvalue weighted by Gasteiger charge is 2.30. The second-order valence-electron chi connectivity index (χ2n) is 21.1. The van der Waals surface area contributed by atoms with Gasteiger partial charge in [0, 0.05) is 53.7 Å². The molecular formula is C72H49N3O2S. The van der Waals surface area contributed by atoms with Gasteiger partial charge in [0.1, 0.15) is 34.3 Å². The van der Waals surface area contributed by atoms with Crippen molar-refractivity contribution in [2.45, 2.75) is 38.3 Å². The lowest BCUT2D eigenvalue weighted by Crippen LogP contribution is -2.33. The molecule has 5 nitrogen and oxygen atoms in total. The number of furan rings is 2. The molecule has 0 spiro atoms. The summed E-state index contributed by atoms with van der Waals surface area (Å²) in [5.41, 5.74) is 22.5. The van der Waals surface area contributed by atoms with Gasteiger partial charge in [0.2, 0.25) is 0 Å². The van der Waals surface area contributed by atoms with Crippen molar-refractivity contribution >= 4 is 83.0 Å². The van der Waals surface area contributed by atoms with E-state index in [-0.39, 0.29) is 0 Å². The van der Waals surface area contributed by atoms with Gasteiger partial charge in [0.25, 0.3) is 0 Å². The first kappa shape index (κ1) is 44.9. The standard InChI is InChI=1S/C72H49N3O2S/c1-42-58-38-50-39-59(48-29-32-55-54(31-27-43-15-5-2-6-16-43)52-22-11-12-23-53(52)60(55)37-48)69(58)78-66(42)26-13-21-49-35-51(41-65-67(49)56-33-28-47(40-64(56)77-65)44-17-7-3-8-18-44)71-73-70(45-19-9-4-10-20-45)74-72(75-71)57-24-14-25-63-68(57)61-36-46(50)30-34-62(61)76-63/h2-20,22-26,28-30,32-41,54,70H,21,27,31H2,1H3,(H,73,74,75)/b26-13-. The lowest BCUT2D eigenvalue weighted by molar-refractivity contribution is 0.667. The molecule has 1 N–H and O–H groups in total. The fraction of sp³-hybridized carbons (Fsp3) is 0.0833. The summed E-state index contributed by atoms with van der Waals surface area (Å²) in [6.07, 6.45) is 7.05. The molecule has 0 saturated heterocycles. The Bertz CT molecular complexity index is 4690. The molecule has 16 rings (SSSR count). The van der Waals surface area contributed by atoms with Crippen LogP contribution < -0.4 is 5.32 Å². The lowest BCUT2D eigenvalue weighted by atomic mass is 9.89. The fourth-order valence-electron chi connectivity index (χ4n) is 12.7. The Labute approximate surface area is 455 Å². The molecule has 3 aromatic heterocycles. The molecule has 0 saturated carbocycles. The monoisotopic (exact) mass is 1020 g/mol. The van der Waals surface area contributed by atoms with Gasteiger partial charge >= 0.3 is 0 Å². The SMILES string of the molecule is Cc1c2sc3c(-c4ccc5c(c4)-c4ccccc4C5CCc4ccccc4)cc(cc13)-c1ccc3oc4cccc(c4c3c1)C1=NC(=NC(c3ccccc3)N1)c1cc(c3c(c1)oc1cc(-c4ccccc4)ccc13)C/C=C\2. The molecule has 370 valence electrons. The van der Waals surface area contributed by atoms with Crippen LogP contribution in [0, 0.1) is 6.92 Å². The summed E-state index contributed by atoms with van der Waals surface area (Å²) in [6.45, 7) is 2.30. The zero-order valence-electron chi connectivity index (χ0n) is 42.8. The van der Waals surface area contributed by atoms with Crippen LogP contribution in [0.5, 0.6) is 0 Å². The highest BCUT2D eigenvalue weighted by Crippen LogP contribution is 2.50. The third kappa shape index (κ3) is 7.35. The van der Waals surface area contributed by atoms with Gasteiger partial charge in [-0.1, -0.05) is 158 Å². The van der Waals surface area contributed by atoms with Crippen molar-refractivity contribution in [1.29, 1.82) is 0 Å². The predicted molar refractivity (Wildman–Crippen MR) is 324 cm³/mol. The van der Waals surface area contributed by atoms with Crippen molar-refractivity contribution in [1.82, 2.24) is 5.32 Å². The van der Waals surface area contributed by atoms with Crippen LogP contribution in [0.25, 0.3) is 105 Å². The summed E-state index contributed by atoms with van der Waals surface area (Å²) in [5, 5.41) is 9.28. The van der Waals surface area contributed by atoms with Crippen LogP contribution in [0.1, 0.15) is 67.9 Å². The highest BCUT2D eigenvalue weighted by molar-refractivity contribution is 7.20. The summed E-state index contributed by atoms with van der Waals surface area (Å²) in [6, 6.07) is 77.1. The van der Waals surface area contributed by atoms with Crippen LogP contribution in [0.15, 0.2) is 237 Å². The number of allylic oxidation sites excluding steroid dienone is 1. The summed E-state index contributed by atoms with van der Waals surface area (Å²) >= 11 is 1.89. The minimum atomic E-state index is -0.399. The molecular weight excluding hydrogens is 971 g/mol. The Morgan fingerprint density at radius 2 is 1.23 bits per heavy atom. The summed E-state index contributed by atoms with van der Waals surface area (Å²) in [5.74, 6) is 1.71. The van der Waals surface area contributed by atoms with Crippen molar-refractivity contribution in [3.05, 3.63) is 268 Å². The number of thiophene rings is 1. The number of nitrogens with one attached hydrogen (secondary N) is 1. The van der Waals surface area contributed by atoms with Crippen molar-refractivity contribution in [2.75, 3.05) is 0 Å². The van der Waals surface area contributed by atoms with Crippen molar-refractivity contribution in [3.63, 3.8) is 0 Å². The Hall–Kier alpha value is -9.36. The zero-order valence-corrected chi connectivity index (χ0v) is 43.6. The number of rotatable bonds is 6. The minimum absolute atomic E-state index is 0.339. The van der Waals surface area contributed by atoms with E-state index in [1.165, 1.54) is 59.5 Å². The largest absolute Gasteiger partial charge is 0.456 e. The van der Waals surface area contributed by atoms with E-state index < -0.39 is 6.17 Å². The first-order valence-electron chi connectivity index (χ1n) is 27.0. The summed E-state index contributed by atoms with van der Waals surface area (Å²) in [4.78, 5) is 12.1. The summed E-state index contributed by atoms with van der Waals surface area (Å²) in [7, 11) is 0. The van der Waals surface area contributed by atoms with Crippen molar-refractivity contribution in [3.8, 4) is 44.5 Å². The van der Waals surface area contributed by atoms with Gasteiger partial charge in [-0.3, -0.25) is 0 Å². The second kappa shape index (κ2) is 17.9. The third-order valence-corrected chi connectivity index (χ3v) is 17.9. The molecule has 5 heterocycles. The van der Waals surface area contributed by atoms with E-state index in [1.54, 1.807) is 0 Å². The normalized spacial score (nSPS) is 15.9. The number of aryl methyl sites for hydroxylation is 2. The maximum absolute atomic E-state index is 6.92. The van der Waals surface area contributed by atoms with Gasteiger partial charge in [-0.05, 0) is 171 Å². The molecule has 6 heteroatoms. The van der Waals surface area contributed by atoms with Crippen LogP contribution in [0.3, 0.4) is 0 Å². The van der Waals surface area contributed by atoms with Gasteiger partial charge in [-0.2, -0.15) is 0 Å². The van der Waals surface area contributed by atoms with Crippen LogP contribution in [0.4, 0.5) is 0 Å². The van der Waals surface area contributed by atoms with Crippen LogP contribution >= 0.6 is 11.3 Å². The maximum atomic E-state index is 6.92. The zero-order chi connectivity index (χ0) is 51.4. The van der Waals surface area contributed by atoms with Gasteiger partial charge < -0.3 is 14.2 Å². The molecule has 3 aliphatic rings. The first-order valence-corrected chi connectivity index (χ1v) is 27.8. The number of fused-ring (bicyclic) bond motifs is 16. The Morgan fingerprint density at radius 1 is 0.513 bits per heavy atom. The van der Waals surface area contributed by atoms with Crippen LogP contribution in [-0.4, -0.2) is 11.7 Å². The topological polar surface area (TPSA) is 63.0 Å². The quantitative estimate of drug-likeness (QED) is 0.181. The van der Waals surface area contributed by atoms with Gasteiger partial charge in [-0.15, -0.1) is 11.3 Å². The fourth-order valence-corrected chi connectivity index (χ4v) is 14.0. The van der Waals surface area contributed by atoms with Gasteiger partial charge in [-0.25, -0.2) is 9.98 Å². The molecule has 0 amide bonds.